The molecular formula is C25H24ClN5O2S. The second-order valence-corrected chi connectivity index (χ2v) is 10.4. The molecule has 34 heavy (non-hydrogen) atoms. The van der Waals surface area contributed by atoms with Gasteiger partial charge in [0.15, 0.2) is 11.6 Å². The van der Waals surface area contributed by atoms with Crippen LogP contribution in [0.25, 0.3) is 11.0 Å². The third kappa shape index (κ3) is 4.64. The number of benzene rings is 3. The van der Waals surface area contributed by atoms with E-state index in [-0.39, 0.29) is 10.7 Å². The number of hydrogen-bond donors (Lipinski definition) is 1. The van der Waals surface area contributed by atoms with Crippen LogP contribution in [0.4, 0.5) is 17.3 Å². The number of halogens is 1. The molecule has 0 aliphatic carbocycles. The molecule has 1 aromatic heterocycles. The van der Waals surface area contributed by atoms with Crippen molar-refractivity contribution >= 4 is 50.0 Å². The monoisotopic (exact) mass is 493 g/mol. The maximum atomic E-state index is 13.1. The van der Waals surface area contributed by atoms with E-state index in [1.807, 2.05) is 55.5 Å². The summed E-state index contributed by atoms with van der Waals surface area (Å²) < 4.78 is 29.0. The molecule has 0 saturated carbocycles. The Bertz CT molecular complexity index is 1420. The van der Waals surface area contributed by atoms with E-state index in [1.54, 1.807) is 24.3 Å². The summed E-state index contributed by atoms with van der Waals surface area (Å²) in [5.41, 5.74) is 3.45. The summed E-state index contributed by atoms with van der Waals surface area (Å²) in [6.45, 7) is 4.80. The standard InChI is InChI=1S/C25H24ClN5O2S/c1-18-6-12-21(13-7-18)34(32,33)29-24-25(28-23-5-3-2-4-22(23)27-24)31-16-14-30(15-17-31)20-10-8-19(26)9-11-20/h2-13H,14-17H2,1H3,(H,27,29). The van der Waals surface area contributed by atoms with Crippen molar-refractivity contribution in [3.05, 3.63) is 83.4 Å². The molecule has 1 aliphatic heterocycles. The van der Waals surface area contributed by atoms with Gasteiger partial charge in [0.1, 0.15) is 0 Å². The zero-order valence-electron chi connectivity index (χ0n) is 18.6. The number of hydrogen-bond acceptors (Lipinski definition) is 6. The van der Waals surface area contributed by atoms with Crippen molar-refractivity contribution < 1.29 is 8.42 Å². The van der Waals surface area contributed by atoms with Crippen molar-refractivity contribution in [3.63, 3.8) is 0 Å². The Morgan fingerprint density at radius 3 is 2.03 bits per heavy atom. The molecule has 2 heterocycles. The van der Waals surface area contributed by atoms with Gasteiger partial charge in [-0.3, -0.25) is 4.72 Å². The van der Waals surface area contributed by atoms with E-state index >= 15 is 0 Å². The van der Waals surface area contributed by atoms with E-state index in [4.69, 9.17) is 16.6 Å². The molecule has 5 rings (SSSR count). The third-order valence-corrected chi connectivity index (χ3v) is 7.49. The molecule has 0 atom stereocenters. The Labute approximate surface area is 204 Å². The minimum absolute atomic E-state index is 0.187. The molecule has 1 N–H and O–H groups in total. The number of nitrogens with one attached hydrogen (secondary N) is 1. The van der Waals surface area contributed by atoms with E-state index < -0.39 is 10.0 Å². The molecule has 174 valence electrons. The van der Waals surface area contributed by atoms with Crippen LogP contribution in [0.2, 0.25) is 5.02 Å². The summed E-state index contributed by atoms with van der Waals surface area (Å²) >= 11 is 6.03. The van der Waals surface area contributed by atoms with Crippen LogP contribution in [0.5, 0.6) is 0 Å². The maximum Gasteiger partial charge on any atom is 0.263 e. The lowest BCUT2D eigenvalue weighted by atomic mass is 10.2. The van der Waals surface area contributed by atoms with E-state index in [1.165, 1.54) is 0 Å². The predicted octanol–water partition coefficient (Wildman–Crippen LogP) is 4.72. The first-order valence-electron chi connectivity index (χ1n) is 11.0. The molecule has 9 heteroatoms. The summed E-state index contributed by atoms with van der Waals surface area (Å²) in [5.74, 6) is 0.768. The zero-order chi connectivity index (χ0) is 23.7. The quantitative estimate of drug-likeness (QED) is 0.433. The zero-order valence-corrected chi connectivity index (χ0v) is 20.2. The molecule has 1 saturated heterocycles. The van der Waals surface area contributed by atoms with Gasteiger partial charge in [-0.2, -0.15) is 0 Å². The fourth-order valence-electron chi connectivity index (χ4n) is 4.01. The van der Waals surface area contributed by atoms with Crippen molar-refractivity contribution in [1.82, 2.24) is 9.97 Å². The van der Waals surface area contributed by atoms with Gasteiger partial charge < -0.3 is 9.80 Å². The summed E-state index contributed by atoms with van der Waals surface area (Å²) in [6.07, 6.45) is 0. The average Bonchev–Trinajstić information content (AvgIpc) is 2.84. The number of piperazine rings is 1. The highest BCUT2D eigenvalue weighted by molar-refractivity contribution is 7.92. The van der Waals surface area contributed by atoms with Gasteiger partial charge in [-0.05, 0) is 55.5 Å². The average molecular weight is 494 g/mol. The Kier molecular flexibility index (Phi) is 6.02. The normalized spacial score (nSPS) is 14.4. The highest BCUT2D eigenvalue weighted by Crippen LogP contribution is 2.29. The summed E-state index contributed by atoms with van der Waals surface area (Å²) in [5, 5.41) is 0.708. The van der Waals surface area contributed by atoms with E-state index in [2.05, 4.69) is 19.5 Å². The number of rotatable bonds is 5. The minimum Gasteiger partial charge on any atom is -0.368 e. The Hall–Kier alpha value is -3.36. The van der Waals surface area contributed by atoms with Gasteiger partial charge >= 0.3 is 0 Å². The molecule has 0 spiro atoms. The Morgan fingerprint density at radius 2 is 1.38 bits per heavy atom. The number of aryl methyl sites for hydroxylation is 1. The third-order valence-electron chi connectivity index (χ3n) is 5.89. The van der Waals surface area contributed by atoms with Gasteiger partial charge in [0.2, 0.25) is 0 Å². The first-order valence-corrected chi connectivity index (χ1v) is 12.9. The number of nitrogens with zero attached hydrogens (tertiary/aromatic N) is 4. The molecule has 3 aromatic carbocycles. The SMILES string of the molecule is Cc1ccc(S(=O)(=O)Nc2nc3ccccc3nc2N2CCN(c3ccc(Cl)cc3)CC2)cc1. The molecule has 7 nitrogen and oxygen atoms in total. The number of aromatic nitrogens is 2. The van der Waals surface area contributed by atoms with Crippen LogP contribution in [0.15, 0.2) is 77.7 Å². The number of sulfonamides is 1. The van der Waals surface area contributed by atoms with Crippen molar-refractivity contribution in [2.75, 3.05) is 40.7 Å². The Morgan fingerprint density at radius 1 is 0.794 bits per heavy atom. The second-order valence-electron chi connectivity index (χ2n) is 8.25. The summed E-state index contributed by atoms with van der Waals surface area (Å²) in [7, 11) is -3.82. The lowest BCUT2D eigenvalue weighted by molar-refractivity contribution is 0.601. The van der Waals surface area contributed by atoms with Crippen molar-refractivity contribution in [1.29, 1.82) is 0 Å². The van der Waals surface area contributed by atoms with Crippen LogP contribution < -0.4 is 14.5 Å². The lowest BCUT2D eigenvalue weighted by Gasteiger charge is -2.37. The topological polar surface area (TPSA) is 78.4 Å². The van der Waals surface area contributed by atoms with Crippen LogP contribution >= 0.6 is 11.6 Å². The van der Waals surface area contributed by atoms with Gasteiger partial charge in [-0.15, -0.1) is 0 Å². The van der Waals surface area contributed by atoms with Crippen LogP contribution in [0.1, 0.15) is 5.56 Å². The van der Waals surface area contributed by atoms with Gasteiger partial charge in [0, 0.05) is 36.9 Å². The van der Waals surface area contributed by atoms with Gasteiger partial charge in [-0.1, -0.05) is 41.4 Å². The summed E-state index contributed by atoms with van der Waals surface area (Å²) in [4.78, 5) is 14.0. The van der Waals surface area contributed by atoms with Crippen LogP contribution in [-0.4, -0.2) is 44.6 Å². The smallest absolute Gasteiger partial charge is 0.263 e. The fourth-order valence-corrected chi connectivity index (χ4v) is 5.14. The van der Waals surface area contributed by atoms with Crippen molar-refractivity contribution in [2.24, 2.45) is 0 Å². The lowest BCUT2D eigenvalue weighted by Crippen LogP contribution is -2.47. The maximum absolute atomic E-state index is 13.1. The number of anilines is 3. The van der Waals surface area contributed by atoms with E-state index in [0.717, 1.165) is 29.9 Å². The fraction of sp³-hybridized carbons (Fsp3) is 0.200. The van der Waals surface area contributed by atoms with Crippen LogP contribution in [0, 0.1) is 6.92 Å². The van der Waals surface area contributed by atoms with Gasteiger partial charge in [0.05, 0.1) is 15.9 Å². The highest BCUT2D eigenvalue weighted by Gasteiger charge is 2.25. The van der Waals surface area contributed by atoms with Crippen molar-refractivity contribution in [3.8, 4) is 0 Å². The molecular weight excluding hydrogens is 470 g/mol. The van der Waals surface area contributed by atoms with Gasteiger partial charge in [0.25, 0.3) is 10.0 Å². The van der Waals surface area contributed by atoms with E-state index in [0.29, 0.717) is 29.4 Å². The molecule has 1 aliphatic rings. The van der Waals surface area contributed by atoms with Crippen molar-refractivity contribution in [2.45, 2.75) is 11.8 Å². The number of fused-ring (bicyclic) bond motifs is 1. The second kappa shape index (κ2) is 9.12. The van der Waals surface area contributed by atoms with E-state index in [9.17, 15) is 8.42 Å². The van der Waals surface area contributed by atoms with Crippen LogP contribution in [-0.2, 0) is 10.0 Å². The molecule has 0 unspecified atom stereocenters. The van der Waals surface area contributed by atoms with Crippen LogP contribution in [0.3, 0.4) is 0 Å². The first-order chi connectivity index (χ1) is 16.4. The first kappa shape index (κ1) is 22.4. The Balaban J connectivity index is 1.45. The summed E-state index contributed by atoms with van der Waals surface area (Å²) in [6, 6.07) is 22.0. The molecule has 0 amide bonds. The highest BCUT2D eigenvalue weighted by atomic mass is 35.5. The molecule has 0 radical (unpaired) electrons. The van der Waals surface area contributed by atoms with Gasteiger partial charge in [-0.25, -0.2) is 18.4 Å². The molecule has 1 fully saturated rings. The number of para-hydroxylation sites is 2. The predicted molar refractivity (Wildman–Crippen MR) is 137 cm³/mol. The molecule has 4 aromatic rings. The molecule has 0 bridgehead atoms. The largest absolute Gasteiger partial charge is 0.368 e. The minimum atomic E-state index is -3.82.